The maximum absolute atomic E-state index is 8.53. The number of unbranched alkanes of at least 4 members (excludes halogenated alkanes) is 1. The van der Waals surface area contributed by atoms with Gasteiger partial charge in [0.1, 0.15) is 0 Å². The van der Waals surface area contributed by atoms with Crippen LogP contribution in [0.5, 0.6) is 0 Å². The third-order valence-electron chi connectivity index (χ3n) is 1.81. The van der Waals surface area contributed by atoms with Gasteiger partial charge in [-0.1, -0.05) is 30.3 Å². The molecule has 0 atom stereocenters. The average Bonchev–Trinajstić information content (AvgIpc) is 2.19. The van der Waals surface area contributed by atoms with Gasteiger partial charge in [-0.15, -0.1) is 0 Å². The van der Waals surface area contributed by atoms with Crippen LogP contribution in [0.4, 0.5) is 0 Å². The second-order valence-electron chi connectivity index (χ2n) is 2.97. The fourth-order valence-corrected chi connectivity index (χ4v) is 1.08. The predicted octanol–water partition coefficient (Wildman–Crippen LogP) is 1.97. The van der Waals surface area contributed by atoms with Crippen LogP contribution >= 0.6 is 0 Å². The first-order chi connectivity index (χ1) is 6.43. The van der Waals surface area contributed by atoms with Gasteiger partial charge >= 0.3 is 0 Å². The van der Waals surface area contributed by atoms with Crippen molar-refractivity contribution in [2.75, 3.05) is 13.2 Å². The van der Waals surface area contributed by atoms with Crippen LogP contribution in [0.15, 0.2) is 30.3 Å². The maximum atomic E-state index is 8.53. The molecule has 0 unspecified atom stereocenters. The van der Waals surface area contributed by atoms with Crippen molar-refractivity contribution in [3.8, 4) is 0 Å². The Morgan fingerprint density at radius 2 is 1.79 bits per heavy atom. The first-order valence-corrected chi connectivity index (χ1v) is 4.66. The number of hydrogen-bond acceptors (Lipinski definition) is 2. The fraction of sp³-hybridized carbons (Fsp3) is 0.455. The summed E-state index contributed by atoms with van der Waals surface area (Å²) < 4.78 is 5.41. The van der Waals surface area contributed by atoms with Crippen LogP contribution in [0, 0.1) is 0 Å². The summed E-state index contributed by atoms with van der Waals surface area (Å²) in [5, 5.41) is 8.53. The molecule has 2 nitrogen and oxygen atoms in total. The number of aliphatic hydroxyl groups excluding tert-OH is 1. The molecule has 0 aliphatic rings. The molecule has 0 radical (unpaired) electrons. The Balaban J connectivity index is 0.00000169. The molecule has 0 aliphatic heterocycles. The zero-order valence-electron chi connectivity index (χ0n) is 8.28. The van der Waals surface area contributed by atoms with E-state index in [1.165, 1.54) is 5.56 Å². The van der Waals surface area contributed by atoms with E-state index in [4.69, 9.17) is 9.84 Å². The Kier molecular flexibility index (Phi) is 9.59. The molecule has 1 aromatic carbocycles. The predicted molar refractivity (Wildman–Crippen MR) is 52.4 cm³/mol. The summed E-state index contributed by atoms with van der Waals surface area (Å²) in [7, 11) is 0. The van der Waals surface area contributed by atoms with Crippen molar-refractivity contribution in [2.24, 2.45) is 0 Å². The minimum Gasteiger partial charge on any atom is -0.396 e. The first kappa shape index (κ1) is 14.0. The molecule has 0 spiro atoms. The Hall–Kier alpha value is 0.0231. The van der Waals surface area contributed by atoms with E-state index in [1.807, 2.05) is 30.3 Å². The third kappa shape index (κ3) is 6.47. The van der Waals surface area contributed by atoms with E-state index in [0.29, 0.717) is 6.61 Å². The van der Waals surface area contributed by atoms with Crippen LogP contribution < -0.4 is 0 Å². The molecule has 0 amide bonds. The second kappa shape index (κ2) is 9.57. The van der Waals surface area contributed by atoms with E-state index in [0.717, 1.165) is 19.4 Å². The van der Waals surface area contributed by atoms with E-state index in [2.05, 4.69) is 0 Å². The van der Waals surface area contributed by atoms with Crippen molar-refractivity contribution in [2.45, 2.75) is 19.4 Å². The van der Waals surface area contributed by atoms with Crippen molar-refractivity contribution in [1.29, 1.82) is 0 Å². The standard InChI is InChI=1S/C11H16O2.Zr/c12-8-4-5-9-13-10-11-6-2-1-3-7-11;/h1-3,6-7,12H,4-5,8-10H2;. The van der Waals surface area contributed by atoms with E-state index in [1.54, 1.807) is 0 Å². The van der Waals surface area contributed by atoms with Gasteiger partial charge in [-0.05, 0) is 18.4 Å². The average molecular weight is 271 g/mol. The van der Waals surface area contributed by atoms with Gasteiger partial charge in [0.25, 0.3) is 0 Å². The molecule has 3 heteroatoms. The van der Waals surface area contributed by atoms with Gasteiger partial charge in [-0.25, -0.2) is 0 Å². The number of hydrogen-bond donors (Lipinski definition) is 1. The molecule has 76 valence electrons. The Morgan fingerprint density at radius 1 is 1.07 bits per heavy atom. The number of rotatable bonds is 6. The van der Waals surface area contributed by atoms with Crippen LogP contribution in [0.2, 0.25) is 0 Å². The van der Waals surface area contributed by atoms with Crippen LogP contribution in [0.3, 0.4) is 0 Å². The molecule has 0 saturated heterocycles. The van der Waals surface area contributed by atoms with Crippen LogP contribution in [0.1, 0.15) is 18.4 Å². The molecular weight excluding hydrogens is 255 g/mol. The molecular formula is C11H16O2Zr. The molecule has 0 saturated carbocycles. The minimum atomic E-state index is 0. The van der Waals surface area contributed by atoms with Gasteiger partial charge in [0.15, 0.2) is 0 Å². The smallest absolute Gasteiger partial charge is 0.0716 e. The molecule has 0 bridgehead atoms. The van der Waals surface area contributed by atoms with Gasteiger partial charge in [0, 0.05) is 39.4 Å². The molecule has 14 heavy (non-hydrogen) atoms. The van der Waals surface area contributed by atoms with E-state index < -0.39 is 0 Å². The van der Waals surface area contributed by atoms with Crippen LogP contribution in [-0.4, -0.2) is 18.3 Å². The SMILES string of the molecule is OCCCCOCc1ccccc1.[Zr]. The Bertz CT molecular complexity index is 214. The van der Waals surface area contributed by atoms with Crippen LogP contribution in [0.25, 0.3) is 0 Å². The van der Waals surface area contributed by atoms with Gasteiger partial charge in [0.2, 0.25) is 0 Å². The number of benzene rings is 1. The zero-order chi connectivity index (χ0) is 9.36. The van der Waals surface area contributed by atoms with Crippen molar-refractivity contribution in [3.05, 3.63) is 35.9 Å². The molecule has 0 aliphatic carbocycles. The molecule has 1 rings (SSSR count). The Labute approximate surface area is 104 Å². The third-order valence-corrected chi connectivity index (χ3v) is 1.81. The normalized spacial score (nSPS) is 9.50. The topological polar surface area (TPSA) is 29.5 Å². The number of ether oxygens (including phenoxy) is 1. The van der Waals surface area contributed by atoms with Crippen molar-refractivity contribution < 1.29 is 36.0 Å². The molecule has 1 N–H and O–H groups in total. The van der Waals surface area contributed by atoms with Gasteiger partial charge < -0.3 is 9.84 Å². The first-order valence-electron chi connectivity index (χ1n) is 4.66. The monoisotopic (exact) mass is 270 g/mol. The minimum absolute atomic E-state index is 0. The fourth-order valence-electron chi connectivity index (χ4n) is 1.08. The molecule has 0 aromatic heterocycles. The van der Waals surface area contributed by atoms with Crippen LogP contribution in [-0.2, 0) is 37.5 Å². The van der Waals surface area contributed by atoms with Gasteiger partial charge in [-0.3, -0.25) is 0 Å². The van der Waals surface area contributed by atoms with E-state index >= 15 is 0 Å². The van der Waals surface area contributed by atoms with E-state index in [-0.39, 0.29) is 32.8 Å². The molecule has 1 aromatic rings. The largest absolute Gasteiger partial charge is 0.396 e. The summed E-state index contributed by atoms with van der Waals surface area (Å²) in [5.41, 5.74) is 1.20. The Morgan fingerprint density at radius 3 is 2.43 bits per heavy atom. The van der Waals surface area contributed by atoms with Crippen molar-refractivity contribution in [1.82, 2.24) is 0 Å². The molecule has 0 heterocycles. The quantitative estimate of drug-likeness (QED) is 0.802. The van der Waals surface area contributed by atoms with Crippen molar-refractivity contribution >= 4 is 0 Å². The summed E-state index contributed by atoms with van der Waals surface area (Å²) in [6, 6.07) is 10.1. The second-order valence-corrected chi connectivity index (χ2v) is 2.97. The summed E-state index contributed by atoms with van der Waals surface area (Å²) in [6.07, 6.45) is 1.76. The number of aliphatic hydroxyl groups is 1. The maximum Gasteiger partial charge on any atom is 0.0716 e. The summed E-state index contributed by atoms with van der Waals surface area (Å²) in [5.74, 6) is 0. The molecule has 0 fully saturated rings. The zero-order valence-corrected chi connectivity index (χ0v) is 10.7. The summed E-state index contributed by atoms with van der Waals surface area (Å²) >= 11 is 0. The summed E-state index contributed by atoms with van der Waals surface area (Å²) in [4.78, 5) is 0. The van der Waals surface area contributed by atoms with Gasteiger partial charge in [-0.2, -0.15) is 0 Å². The summed E-state index contributed by atoms with van der Waals surface area (Å²) in [6.45, 7) is 1.66. The van der Waals surface area contributed by atoms with Crippen molar-refractivity contribution in [3.63, 3.8) is 0 Å². The van der Waals surface area contributed by atoms with Gasteiger partial charge in [0.05, 0.1) is 6.61 Å². The van der Waals surface area contributed by atoms with E-state index in [9.17, 15) is 0 Å².